The van der Waals surface area contributed by atoms with E-state index < -0.39 is 0 Å². The molecule has 88 valence electrons. The van der Waals surface area contributed by atoms with Crippen molar-refractivity contribution in [3.8, 4) is 0 Å². The summed E-state index contributed by atoms with van der Waals surface area (Å²) in [7, 11) is 0. The van der Waals surface area contributed by atoms with Gasteiger partial charge in [0.25, 0.3) is 0 Å². The molecule has 0 radical (unpaired) electrons. The largest absolute Gasteiger partial charge is 0.378 e. The Morgan fingerprint density at radius 2 is 2.50 bits per heavy atom. The van der Waals surface area contributed by atoms with E-state index in [0.29, 0.717) is 10.8 Å². The summed E-state index contributed by atoms with van der Waals surface area (Å²) in [5.74, 6) is 0.160. The molecule has 0 aromatic carbocycles. The van der Waals surface area contributed by atoms with E-state index in [1.54, 1.807) is 6.07 Å². The standard InChI is InChI=1S/C11H12BrClO2S/c12-8-6-10(16-11(8)13)9(14)4-3-7-2-1-5-15-7/h6-7H,1-5H2. The van der Waals surface area contributed by atoms with Crippen LogP contribution in [-0.2, 0) is 4.74 Å². The summed E-state index contributed by atoms with van der Waals surface area (Å²) in [4.78, 5) is 12.6. The van der Waals surface area contributed by atoms with E-state index in [1.807, 2.05) is 0 Å². The van der Waals surface area contributed by atoms with Gasteiger partial charge in [0.15, 0.2) is 5.78 Å². The van der Waals surface area contributed by atoms with Crippen molar-refractivity contribution in [2.24, 2.45) is 0 Å². The number of carbonyl (C=O) groups is 1. The predicted octanol–water partition coefficient (Wildman–Crippen LogP) is 4.31. The molecule has 5 heteroatoms. The van der Waals surface area contributed by atoms with E-state index in [-0.39, 0.29) is 11.9 Å². The lowest BCUT2D eigenvalue weighted by Gasteiger charge is -2.06. The fourth-order valence-corrected chi connectivity index (χ4v) is 3.44. The van der Waals surface area contributed by atoms with Crippen molar-refractivity contribution in [2.75, 3.05) is 6.61 Å². The lowest BCUT2D eigenvalue weighted by Crippen LogP contribution is -2.08. The van der Waals surface area contributed by atoms with Crippen molar-refractivity contribution in [3.63, 3.8) is 0 Å². The third-order valence-corrected chi connectivity index (χ3v) is 5.15. The molecule has 0 saturated carbocycles. The van der Waals surface area contributed by atoms with E-state index >= 15 is 0 Å². The first kappa shape index (κ1) is 12.6. The van der Waals surface area contributed by atoms with Gasteiger partial charge in [-0.05, 0) is 41.3 Å². The van der Waals surface area contributed by atoms with Gasteiger partial charge in [0.1, 0.15) is 4.34 Å². The van der Waals surface area contributed by atoms with Crippen LogP contribution < -0.4 is 0 Å². The van der Waals surface area contributed by atoms with Crippen molar-refractivity contribution in [2.45, 2.75) is 31.8 Å². The number of carbonyl (C=O) groups excluding carboxylic acids is 1. The fraction of sp³-hybridized carbons (Fsp3) is 0.545. The fourth-order valence-electron chi connectivity index (χ4n) is 1.77. The maximum absolute atomic E-state index is 11.8. The number of ether oxygens (including phenoxy) is 1. The molecule has 1 aromatic rings. The van der Waals surface area contributed by atoms with Gasteiger partial charge in [-0.3, -0.25) is 4.79 Å². The van der Waals surface area contributed by atoms with Gasteiger partial charge in [-0.1, -0.05) is 11.6 Å². The van der Waals surface area contributed by atoms with E-state index in [0.717, 1.165) is 35.2 Å². The zero-order valence-electron chi connectivity index (χ0n) is 8.67. The molecular weight excluding hydrogens is 312 g/mol. The Morgan fingerprint density at radius 3 is 3.06 bits per heavy atom. The van der Waals surface area contributed by atoms with Gasteiger partial charge in [-0.2, -0.15) is 0 Å². The van der Waals surface area contributed by atoms with Crippen LogP contribution in [-0.4, -0.2) is 18.5 Å². The first-order valence-corrected chi connectivity index (χ1v) is 7.25. The average Bonchev–Trinajstić information content (AvgIpc) is 2.86. The number of hydrogen-bond donors (Lipinski definition) is 0. The number of halogens is 2. The third kappa shape index (κ3) is 3.06. The van der Waals surface area contributed by atoms with E-state index in [1.165, 1.54) is 11.3 Å². The molecule has 1 aliphatic heterocycles. The molecule has 1 atom stereocenters. The Hall–Kier alpha value is 0.1000. The molecule has 0 bridgehead atoms. The minimum atomic E-state index is 0.160. The topological polar surface area (TPSA) is 26.3 Å². The van der Waals surface area contributed by atoms with Gasteiger partial charge in [-0.15, -0.1) is 11.3 Å². The summed E-state index contributed by atoms with van der Waals surface area (Å²) in [5, 5.41) is 0. The van der Waals surface area contributed by atoms with Crippen LogP contribution in [0.2, 0.25) is 4.34 Å². The van der Waals surface area contributed by atoms with Crippen LogP contribution in [0.5, 0.6) is 0 Å². The molecule has 1 fully saturated rings. The smallest absolute Gasteiger partial charge is 0.172 e. The first-order valence-electron chi connectivity index (χ1n) is 5.26. The second-order valence-corrected chi connectivity index (χ2v) is 6.34. The molecular formula is C11H12BrClO2S. The summed E-state index contributed by atoms with van der Waals surface area (Å²) in [6.07, 6.45) is 3.86. The first-order chi connectivity index (χ1) is 7.66. The van der Waals surface area contributed by atoms with Crippen LogP contribution in [0.4, 0.5) is 0 Å². The molecule has 16 heavy (non-hydrogen) atoms. The number of hydrogen-bond acceptors (Lipinski definition) is 3. The molecule has 2 nitrogen and oxygen atoms in total. The van der Waals surface area contributed by atoms with Crippen molar-refractivity contribution in [1.29, 1.82) is 0 Å². The molecule has 1 saturated heterocycles. The van der Waals surface area contributed by atoms with Crippen LogP contribution in [0, 0.1) is 0 Å². The summed E-state index contributed by atoms with van der Waals surface area (Å²) >= 11 is 10.5. The average molecular weight is 324 g/mol. The molecule has 1 unspecified atom stereocenters. The maximum atomic E-state index is 11.8. The van der Waals surface area contributed by atoms with E-state index in [2.05, 4.69) is 15.9 Å². The quantitative estimate of drug-likeness (QED) is 0.772. The maximum Gasteiger partial charge on any atom is 0.172 e. The summed E-state index contributed by atoms with van der Waals surface area (Å²) in [6.45, 7) is 0.842. The molecule has 2 heterocycles. The van der Waals surface area contributed by atoms with Gasteiger partial charge in [0.2, 0.25) is 0 Å². The van der Waals surface area contributed by atoms with Gasteiger partial charge < -0.3 is 4.74 Å². The second kappa shape index (κ2) is 5.63. The number of ketones is 1. The number of thiophene rings is 1. The molecule has 1 aromatic heterocycles. The molecule has 1 aliphatic rings. The Morgan fingerprint density at radius 1 is 1.69 bits per heavy atom. The highest BCUT2D eigenvalue weighted by Crippen LogP contribution is 2.33. The monoisotopic (exact) mass is 322 g/mol. The molecule has 0 amide bonds. The van der Waals surface area contributed by atoms with Gasteiger partial charge in [-0.25, -0.2) is 0 Å². The Bertz CT molecular complexity index is 366. The highest BCUT2D eigenvalue weighted by molar-refractivity contribution is 9.10. The van der Waals surface area contributed by atoms with Gasteiger partial charge in [0, 0.05) is 17.5 Å². The van der Waals surface area contributed by atoms with Crippen LogP contribution >= 0.6 is 38.9 Å². The summed E-state index contributed by atoms with van der Waals surface area (Å²) < 4.78 is 6.93. The van der Waals surface area contributed by atoms with Crippen LogP contribution in [0.3, 0.4) is 0 Å². The molecule has 0 spiro atoms. The highest BCUT2D eigenvalue weighted by Gasteiger charge is 2.18. The summed E-state index contributed by atoms with van der Waals surface area (Å²) in [5.41, 5.74) is 0. The zero-order valence-corrected chi connectivity index (χ0v) is 11.8. The Labute approximate surface area is 112 Å². The number of rotatable bonds is 4. The molecule has 0 N–H and O–H groups in total. The predicted molar refractivity (Wildman–Crippen MR) is 69.6 cm³/mol. The lowest BCUT2D eigenvalue weighted by atomic mass is 10.1. The summed E-state index contributed by atoms with van der Waals surface area (Å²) in [6, 6.07) is 1.80. The van der Waals surface area contributed by atoms with Crippen molar-refractivity contribution in [3.05, 3.63) is 19.8 Å². The van der Waals surface area contributed by atoms with Crippen LogP contribution in [0.15, 0.2) is 10.5 Å². The normalized spacial score (nSPS) is 20.2. The number of Topliss-reactive ketones (excluding diaryl/α,β-unsaturated/α-hetero) is 1. The Balaban J connectivity index is 1.87. The Kier molecular flexibility index (Phi) is 4.41. The third-order valence-electron chi connectivity index (χ3n) is 2.64. The van der Waals surface area contributed by atoms with E-state index in [9.17, 15) is 4.79 Å². The second-order valence-electron chi connectivity index (χ2n) is 3.83. The zero-order chi connectivity index (χ0) is 11.5. The molecule has 0 aliphatic carbocycles. The lowest BCUT2D eigenvalue weighted by molar-refractivity contribution is 0.0862. The van der Waals surface area contributed by atoms with E-state index in [4.69, 9.17) is 16.3 Å². The van der Waals surface area contributed by atoms with Crippen molar-refractivity contribution < 1.29 is 9.53 Å². The highest BCUT2D eigenvalue weighted by atomic mass is 79.9. The molecule has 2 rings (SSSR count). The van der Waals surface area contributed by atoms with Crippen LogP contribution in [0.1, 0.15) is 35.4 Å². The minimum Gasteiger partial charge on any atom is -0.378 e. The SMILES string of the molecule is O=C(CCC1CCCO1)c1cc(Br)c(Cl)s1. The minimum absolute atomic E-state index is 0.160. The van der Waals surface area contributed by atoms with Crippen molar-refractivity contribution >= 4 is 44.7 Å². The van der Waals surface area contributed by atoms with Gasteiger partial charge in [0.05, 0.1) is 11.0 Å². The van der Waals surface area contributed by atoms with Crippen molar-refractivity contribution in [1.82, 2.24) is 0 Å². The van der Waals surface area contributed by atoms with Gasteiger partial charge >= 0.3 is 0 Å². The van der Waals surface area contributed by atoms with Crippen LogP contribution in [0.25, 0.3) is 0 Å².